The highest BCUT2D eigenvalue weighted by Crippen LogP contribution is 2.50. The van der Waals surface area contributed by atoms with Crippen molar-refractivity contribution in [3.05, 3.63) is 0 Å². The van der Waals surface area contributed by atoms with Crippen LogP contribution >= 0.6 is 0 Å². The molecule has 0 unspecified atom stereocenters. The Morgan fingerprint density at radius 1 is 0.708 bits per heavy atom. The van der Waals surface area contributed by atoms with Crippen LogP contribution in [0.25, 0.3) is 0 Å². The van der Waals surface area contributed by atoms with Crippen molar-refractivity contribution in [1.82, 2.24) is 9.80 Å². The minimum atomic E-state index is 0. The first-order chi connectivity index (χ1) is 10.5. The first-order valence-electron chi connectivity index (χ1n) is 9.62. The van der Waals surface area contributed by atoms with Gasteiger partial charge in [-0.3, -0.25) is 9.80 Å². The summed E-state index contributed by atoms with van der Waals surface area (Å²) >= 11 is 0. The summed E-state index contributed by atoms with van der Waals surface area (Å²) in [4.78, 5) is 5.18. The van der Waals surface area contributed by atoms with Gasteiger partial charge in [-0.2, -0.15) is 0 Å². The second-order valence-corrected chi connectivity index (χ2v) is 10.7. The highest BCUT2D eigenvalue weighted by molar-refractivity contribution is 5.03. The topological polar surface area (TPSA) is 15.7 Å². The van der Waals surface area contributed by atoms with E-state index in [0.29, 0.717) is 16.5 Å². The van der Waals surface area contributed by atoms with Crippen LogP contribution in [-0.2, 0) is 4.74 Å². The normalized spacial score (nSPS) is 28.2. The summed E-state index contributed by atoms with van der Waals surface area (Å²) in [5.74, 6) is 0. The Morgan fingerprint density at radius 3 is 1.46 bits per heavy atom. The molecule has 4 fully saturated rings. The predicted octanol–water partition coefficient (Wildman–Crippen LogP) is 4.41. The average Bonchev–Trinajstić information content (AvgIpc) is 2.67. The minimum absolute atomic E-state index is 0. The van der Waals surface area contributed by atoms with Gasteiger partial charge in [0.2, 0.25) is 0 Å². The quantitative estimate of drug-likeness (QED) is 0.650. The van der Waals surface area contributed by atoms with Gasteiger partial charge in [0.1, 0.15) is 0 Å². The van der Waals surface area contributed by atoms with E-state index in [1.807, 2.05) is 0 Å². The third-order valence-electron chi connectivity index (χ3n) is 6.62. The van der Waals surface area contributed by atoms with Gasteiger partial charge in [0.05, 0.1) is 13.2 Å². The lowest BCUT2D eigenvalue weighted by molar-refractivity contribution is -0.107. The summed E-state index contributed by atoms with van der Waals surface area (Å²) in [5.41, 5.74) is 2.11. The van der Waals surface area contributed by atoms with E-state index >= 15 is 0 Å². The molecule has 3 nitrogen and oxygen atoms in total. The first-order valence-corrected chi connectivity index (χ1v) is 9.62. The van der Waals surface area contributed by atoms with Crippen molar-refractivity contribution in [2.24, 2.45) is 10.8 Å². The molecule has 4 aliphatic rings. The largest absolute Gasteiger partial charge is 0.380 e. The van der Waals surface area contributed by atoms with Crippen molar-refractivity contribution in [2.45, 2.75) is 85.7 Å². The van der Waals surface area contributed by atoms with E-state index in [2.05, 4.69) is 51.3 Å². The molecule has 0 aromatic heterocycles. The van der Waals surface area contributed by atoms with Gasteiger partial charge in [-0.1, -0.05) is 13.8 Å². The van der Waals surface area contributed by atoms with Crippen LogP contribution in [-0.4, -0.2) is 60.3 Å². The Bertz CT molecular complexity index is 416. The lowest BCUT2D eigenvalue weighted by Gasteiger charge is -2.60. The molecule has 0 N–H and O–H groups in total. The van der Waals surface area contributed by atoms with E-state index in [9.17, 15) is 0 Å². The van der Waals surface area contributed by atoms with Crippen LogP contribution in [0.1, 0.15) is 74.7 Å². The molecule has 3 saturated heterocycles. The molecule has 0 radical (unpaired) electrons. The molecule has 24 heavy (non-hydrogen) atoms. The zero-order valence-electron chi connectivity index (χ0n) is 16.4. The molecule has 3 aliphatic heterocycles. The van der Waals surface area contributed by atoms with E-state index in [1.165, 1.54) is 51.9 Å². The summed E-state index contributed by atoms with van der Waals surface area (Å²) in [6.45, 7) is 21.1. The summed E-state index contributed by atoms with van der Waals surface area (Å²) in [6.07, 6.45) is 5.82. The lowest BCUT2D eigenvalue weighted by atomic mass is 9.62. The lowest BCUT2D eigenvalue weighted by Crippen LogP contribution is -2.64. The summed E-state index contributed by atoms with van der Waals surface area (Å²) in [7, 11) is 0. The molecular weight excluding hydrogens is 296 g/mol. The van der Waals surface area contributed by atoms with Crippen LogP contribution in [0, 0.1) is 10.8 Å². The second kappa shape index (κ2) is 6.55. The zero-order valence-corrected chi connectivity index (χ0v) is 16.4. The third kappa shape index (κ3) is 3.99. The molecule has 1 aliphatic carbocycles. The molecule has 2 spiro atoms. The van der Waals surface area contributed by atoms with Crippen LogP contribution in [0.4, 0.5) is 0 Å². The van der Waals surface area contributed by atoms with E-state index in [0.717, 1.165) is 18.6 Å². The fourth-order valence-electron chi connectivity index (χ4n) is 4.36. The number of hydrogen-bond donors (Lipinski definition) is 0. The molecule has 0 amide bonds. The molecule has 1 saturated carbocycles. The molecule has 0 bridgehead atoms. The van der Waals surface area contributed by atoms with Gasteiger partial charge in [-0.25, -0.2) is 0 Å². The Balaban J connectivity index is 0.000000167. The molecule has 3 heterocycles. The highest BCUT2D eigenvalue weighted by Gasteiger charge is 2.50. The van der Waals surface area contributed by atoms with Gasteiger partial charge >= 0.3 is 0 Å². The predicted molar refractivity (Wildman–Crippen MR) is 104 cm³/mol. The van der Waals surface area contributed by atoms with Gasteiger partial charge in [0.15, 0.2) is 0 Å². The van der Waals surface area contributed by atoms with E-state index in [-0.39, 0.29) is 7.43 Å². The standard InChI is InChI=1S/C10H19NO.C10H19N.CH4/c1-9(2,3)11-5-4-10(6-11)7-12-8-10;1-9(2,3)11-7-10(8-11)5-4-6-10;/h4-8H2,1-3H3;4-8H2,1-3H3;1H4. The second-order valence-electron chi connectivity index (χ2n) is 10.7. The summed E-state index contributed by atoms with van der Waals surface area (Å²) in [6, 6.07) is 0. The molecule has 142 valence electrons. The number of likely N-dealkylation sites (tertiary alicyclic amines) is 2. The monoisotopic (exact) mass is 338 g/mol. The number of hydrogen-bond acceptors (Lipinski definition) is 3. The van der Waals surface area contributed by atoms with Crippen molar-refractivity contribution in [3.8, 4) is 0 Å². The maximum absolute atomic E-state index is 5.29. The van der Waals surface area contributed by atoms with Crippen LogP contribution in [0.15, 0.2) is 0 Å². The third-order valence-corrected chi connectivity index (χ3v) is 6.62. The highest BCUT2D eigenvalue weighted by atomic mass is 16.5. The maximum atomic E-state index is 5.29. The molecule has 0 atom stereocenters. The molecule has 0 aromatic carbocycles. The van der Waals surface area contributed by atoms with E-state index in [4.69, 9.17) is 4.74 Å². The van der Waals surface area contributed by atoms with Crippen molar-refractivity contribution >= 4 is 0 Å². The van der Waals surface area contributed by atoms with E-state index < -0.39 is 0 Å². The van der Waals surface area contributed by atoms with Crippen LogP contribution in [0.2, 0.25) is 0 Å². The van der Waals surface area contributed by atoms with E-state index in [1.54, 1.807) is 0 Å². The van der Waals surface area contributed by atoms with Gasteiger partial charge in [-0.15, -0.1) is 0 Å². The van der Waals surface area contributed by atoms with Crippen molar-refractivity contribution in [2.75, 3.05) is 39.4 Å². The number of nitrogens with zero attached hydrogens (tertiary/aromatic N) is 2. The van der Waals surface area contributed by atoms with Gasteiger partial charge in [-0.05, 0) is 72.8 Å². The Labute approximate surface area is 151 Å². The van der Waals surface area contributed by atoms with Gasteiger partial charge < -0.3 is 4.74 Å². The molecule has 0 aromatic rings. The van der Waals surface area contributed by atoms with Crippen molar-refractivity contribution in [3.63, 3.8) is 0 Å². The SMILES string of the molecule is C.CC(C)(C)N1CC2(CCC2)C1.CC(C)(C)N1CCC2(COC2)C1. The maximum Gasteiger partial charge on any atom is 0.0557 e. The molecule has 3 heteroatoms. The van der Waals surface area contributed by atoms with Crippen LogP contribution < -0.4 is 0 Å². The zero-order chi connectivity index (χ0) is 16.9. The number of rotatable bonds is 0. The Kier molecular flexibility index (Phi) is 5.52. The fourth-order valence-corrected chi connectivity index (χ4v) is 4.36. The first kappa shape index (κ1) is 20.2. The van der Waals surface area contributed by atoms with Crippen molar-refractivity contribution in [1.29, 1.82) is 0 Å². The minimum Gasteiger partial charge on any atom is -0.380 e. The summed E-state index contributed by atoms with van der Waals surface area (Å²) < 4.78 is 5.29. The average molecular weight is 339 g/mol. The smallest absolute Gasteiger partial charge is 0.0557 e. The number of ether oxygens (including phenoxy) is 1. The van der Waals surface area contributed by atoms with Crippen molar-refractivity contribution < 1.29 is 4.74 Å². The molecular formula is C21H42N2O. The Morgan fingerprint density at radius 2 is 1.21 bits per heavy atom. The fraction of sp³-hybridized carbons (Fsp3) is 1.00. The van der Waals surface area contributed by atoms with Crippen LogP contribution in [0.3, 0.4) is 0 Å². The van der Waals surface area contributed by atoms with Gasteiger partial charge in [0, 0.05) is 36.1 Å². The van der Waals surface area contributed by atoms with Crippen LogP contribution in [0.5, 0.6) is 0 Å². The Hall–Kier alpha value is -0.120. The van der Waals surface area contributed by atoms with Gasteiger partial charge in [0.25, 0.3) is 0 Å². The molecule has 4 rings (SSSR count). The summed E-state index contributed by atoms with van der Waals surface area (Å²) in [5, 5.41) is 0.